The molecule has 0 aromatic heterocycles. The molecule has 1 fully saturated rings. The highest BCUT2D eigenvalue weighted by atomic mass is 127. The van der Waals surface area contributed by atoms with Gasteiger partial charge in [-0.05, 0) is 38.6 Å². The van der Waals surface area contributed by atoms with Gasteiger partial charge in [-0.3, -0.25) is 9.89 Å². The number of nitrogens with zero attached hydrogens (tertiary/aromatic N) is 2. The first-order chi connectivity index (χ1) is 8.52. The molecular weight excluding hydrogens is 351 g/mol. The lowest BCUT2D eigenvalue weighted by molar-refractivity contribution is 0.231. The second-order valence-electron chi connectivity index (χ2n) is 5.86. The Hall–Kier alpha value is -0.0400. The molecule has 1 unspecified atom stereocenters. The quantitative estimate of drug-likeness (QED) is 0.422. The van der Waals surface area contributed by atoms with E-state index in [-0.39, 0.29) is 24.0 Å². The van der Waals surface area contributed by atoms with Crippen molar-refractivity contribution in [3.05, 3.63) is 0 Å². The van der Waals surface area contributed by atoms with Gasteiger partial charge in [0.05, 0.1) is 6.54 Å². The smallest absolute Gasteiger partial charge is 0.188 e. The SMILES string of the molecule is CCC(C)NC(N)=NC[C@H]1CCCN1CC(C)C.I. The Bertz CT molecular complexity index is 268. The molecule has 5 heteroatoms. The van der Waals surface area contributed by atoms with E-state index < -0.39 is 0 Å². The summed E-state index contributed by atoms with van der Waals surface area (Å²) >= 11 is 0. The van der Waals surface area contributed by atoms with E-state index in [0.29, 0.717) is 18.0 Å². The summed E-state index contributed by atoms with van der Waals surface area (Å²) in [6.07, 6.45) is 3.62. The highest BCUT2D eigenvalue weighted by Crippen LogP contribution is 2.18. The molecule has 0 spiro atoms. The lowest BCUT2D eigenvalue weighted by Gasteiger charge is -2.25. The van der Waals surface area contributed by atoms with E-state index in [1.54, 1.807) is 0 Å². The molecule has 19 heavy (non-hydrogen) atoms. The molecule has 1 rings (SSSR count). The zero-order chi connectivity index (χ0) is 13.5. The molecule has 2 atom stereocenters. The molecule has 1 aliphatic rings. The zero-order valence-electron chi connectivity index (χ0n) is 12.9. The molecular formula is C14H31IN4. The molecule has 114 valence electrons. The van der Waals surface area contributed by atoms with Crippen molar-refractivity contribution in [2.45, 2.75) is 59.0 Å². The summed E-state index contributed by atoms with van der Waals surface area (Å²) in [6, 6.07) is 0.994. The van der Waals surface area contributed by atoms with E-state index >= 15 is 0 Å². The Balaban J connectivity index is 0.00000324. The molecule has 0 amide bonds. The molecule has 1 aliphatic heterocycles. The largest absolute Gasteiger partial charge is 0.370 e. The Labute approximate surface area is 135 Å². The van der Waals surface area contributed by atoms with Crippen LogP contribution in [-0.2, 0) is 0 Å². The van der Waals surface area contributed by atoms with Crippen LogP contribution < -0.4 is 11.1 Å². The van der Waals surface area contributed by atoms with E-state index in [1.165, 1.54) is 25.9 Å². The standard InChI is InChI=1S/C14H30N4.HI/c1-5-12(4)17-14(15)16-9-13-7-6-8-18(13)10-11(2)3;/h11-13H,5-10H2,1-4H3,(H3,15,16,17);1H/t12?,13-;/m1./s1. The van der Waals surface area contributed by atoms with Gasteiger partial charge in [-0.15, -0.1) is 24.0 Å². The third kappa shape index (κ3) is 7.34. The summed E-state index contributed by atoms with van der Waals surface area (Å²) in [7, 11) is 0. The van der Waals surface area contributed by atoms with Crippen LogP contribution in [0.3, 0.4) is 0 Å². The third-order valence-corrected chi connectivity index (χ3v) is 3.58. The zero-order valence-corrected chi connectivity index (χ0v) is 15.2. The fourth-order valence-electron chi connectivity index (χ4n) is 2.42. The highest BCUT2D eigenvalue weighted by Gasteiger charge is 2.24. The first-order valence-corrected chi connectivity index (χ1v) is 7.33. The van der Waals surface area contributed by atoms with Crippen molar-refractivity contribution in [2.75, 3.05) is 19.6 Å². The molecule has 3 N–H and O–H groups in total. The highest BCUT2D eigenvalue weighted by molar-refractivity contribution is 14.0. The number of rotatable bonds is 6. The second-order valence-corrected chi connectivity index (χ2v) is 5.86. The molecule has 0 aromatic carbocycles. The van der Waals surface area contributed by atoms with Gasteiger partial charge in [0.1, 0.15) is 0 Å². The van der Waals surface area contributed by atoms with Gasteiger partial charge in [-0.1, -0.05) is 20.8 Å². The van der Waals surface area contributed by atoms with Gasteiger partial charge in [-0.25, -0.2) is 0 Å². The monoisotopic (exact) mass is 382 g/mol. The summed E-state index contributed by atoms with van der Waals surface area (Å²) < 4.78 is 0. The molecule has 4 nitrogen and oxygen atoms in total. The summed E-state index contributed by atoms with van der Waals surface area (Å²) in [5.41, 5.74) is 5.90. The topological polar surface area (TPSA) is 53.6 Å². The average molecular weight is 382 g/mol. The van der Waals surface area contributed by atoms with Crippen molar-refractivity contribution in [1.29, 1.82) is 0 Å². The molecule has 0 radical (unpaired) electrons. The maximum absolute atomic E-state index is 5.90. The van der Waals surface area contributed by atoms with Crippen LogP contribution in [0.25, 0.3) is 0 Å². The third-order valence-electron chi connectivity index (χ3n) is 3.58. The predicted octanol–water partition coefficient (Wildman–Crippen LogP) is 2.43. The predicted molar refractivity (Wildman–Crippen MR) is 94.2 cm³/mol. The molecule has 1 heterocycles. The second kappa shape index (κ2) is 9.80. The lowest BCUT2D eigenvalue weighted by Crippen LogP contribution is -2.40. The van der Waals surface area contributed by atoms with E-state index in [4.69, 9.17) is 5.73 Å². The summed E-state index contributed by atoms with van der Waals surface area (Å²) in [6.45, 7) is 12.1. The maximum atomic E-state index is 5.90. The van der Waals surface area contributed by atoms with Gasteiger partial charge in [0.2, 0.25) is 0 Å². The molecule has 0 bridgehead atoms. The van der Waals surface area contributed by atoms with Gasteiger partial charge >= 0.3 is 0 Å². The average Bonchev–Trinajstić information content (AvgIpc) is 2.72. The number of likely N-dealkylation sites (tertiary alicyclic amines) is 1. The van der Waals surface area contributed by atoms with Crippen molar-refractivity contribution in [2.24, 2.45) is 16.6 Å². The minimum atomic E-state index is 0. The van der Waals surface area contributed by atoms with Gasteiger partial charge in [-0.2, -0.15) is 0 Å². The Kier molecular flexibility index (Phi) is 9.78. The first-order valence-electron chi connectivity index (χ1n) is 7.33. The number of hydrogen-bond donors (Lipinski definition) is 2. The van der Waals surface area contributed by atoms with Crippen molar-refractivity contribution in [3.8, 4) is 0 Å². The fourth-order valence-corrected chi connectivity index (χ4v) is 2.42. The van der Waals surface area contributed by atoms with Crippen LogP contribution >= 0.6 is 24.0 Å². The van der Waals surface area contributed by atoms with Crippen LogP contribution in [0.15, 0.2) is 4.99 Å². The van der Waals surface area contributed by atoms with Crippen LogP contribution in [0.2, 0.25) is 0 Å². The number of nitrogens with one attached hydrogen (secondary N) is 1. The van der Waals surface area contributed by atoms with Crippen LogP contribution in [-0.4, -0.2) is 42.6 Å². The van der Waals surface area contributed by atoms with E-state index in [1.807, 2.05) is 0 Å². The van der Waals surface area contributed by atoms with E-state index in [2.05, 4.69) is 42.9 Å². The van der Waals surface area contributed by atoms with Crippen LogP contribution in [0.5, 0.6) is 0 Å². The van der Waals surface area contributed by atoms with Crippen LogP contribution in [0.1, 0.15) is 47.0 Å². The molecule has 0 aliphatic carbocycles. The van der Waals surface area contributed by atoms with Crippen LogP contribution in [0.4, 0.5) is 0 Å². The van der Waals surface area contributed by atoms with Crippen molar-refractivity contribution in [1.82, 2.24) is 10.2 Å². The number of hydrogen-bond acceptors (Lipinski definition) is 2. The maximum Gasteiger partial charge on any atom is 0.188 e. The number of nitrogens with two attached hydrogens (primary N) is 1. The normalized spacial score (nSPS) is 22.4. The minimum absolute atomic E-state index is 0. The number of guanidine groups is 1. The van der Waals surface area contributed by atoms with Crippen molar-refractivity contribution < 1.29 is 0 Å². The first kappa shape index (κ1) is 19.0. The summed E-state index contributed by atoms with van der Waals surface area (Å²) in [5.74, 6) is 1.32. The molecule has 0 saturated carbocycles. The number of halogens is 1. The molecule has 1 saturated heterocycles. The van der Waals surface area contributed by atoms with Crippen molar-refractivity contribution >= 4 is 29.9 Å². The van der Waals surface area contributed by atoms with Gasteiger partial charge in [0.15, 0.2) is 5.96 Å². The minimum Gasteiger partial charge on any atom is -0.370 e. The van der Waals surface area contributed by atoms with Gasteiger partial charge in [0.25, 0.3) is 0 Å². The Morgan fingerprint density at radius 3 is 2.68 bits per heavy atom. The van der Waals surface area contributed by atoms with E-state index in [0.717, 1.165) is 18.9 Å². The van der Waals surface area contributed by atoms with E-state index in [9.17, 15) is 0 Å². The van der Waals surface area contributed by atoms with Crippen molar-refractivity contribution in [3.63, 3.8) is 0 Å². The van der Waals surface area contributed by atoms with Gasteiger partial charge in [0, 0.05) is 18.6 Å². The summed E-state index contributed by atoms with van der Waals surface area (Å²) in [5, 5.41) is 3.22. The Morgan fingerprint density at radius 1 is 1.42 bits per heavy atom. The van der Waals surface area contributed by atoms with Gasteiger partial charge < -0.3 is 11.1 Å². The molecule has 0 aromatic rings. The number of aliphatic imine (C=N–C) groups is 1. The summed E-state index contributed by atoms with van der Waals surface area (Å²) in [4.78, 5) is 7.05. The fraction of sp³-hybridized carbons (Fsp3) is 0.929. The van der Waals surface area contributed by atoms with Crippen LogP contribution in [0, 0.1) is 5.92 Å². The Morgan fingerprint density at radius 2 is 2.11 bits per heavy atom. The lowest BCUT2D eigenvalue weighted by atomic mass is 10.2.